The number of methoxy groups -OCH3 is 1. The Morgan fingerprint density at radius 3 is 2.73 bits per heavy atom. The van der Waals surface area contributed by atoms with E-state index in [2.05, 4.69) is 33.1 Å². The van der Waals surface area contributed by atoms with Crippen LogP contribution in [0.3, 0.4) is 0 Å². The molecule has 0 aliphatic carbocycles. The van der Waals surface area contributed by atoms with Crippen LogP contribution in [-0.2, 0) is 0 Å². The maximum absolute atomic E-state index is 14.3. The van der Waals surface area contributed by atoms with Crippen molar-refractivity contribution in [3.63, 3.8) is 0 Å². The number of ether oxygens (including phenoxy) is 1. The molecule has 0 aromatic heterocycles. The molecule has 26 heavy (non-hydrogen) atoms. The molecular weight excluding hydrogens is 448 g/mol. The van der Waals surface area contributed by atoms with Crippen LogP contribution in [-0.4, -0.2) is 32.3 Å². The number of nitrogens with zero attached hydrogens (tertiary/aromatic N) is 2. The summed E-state index contributed by atoms with van der Waals surface area (Å²) in [7, 11) is 1.55. The van der Waals surface area contributed by atoms with Crippen LogP contribution in [0.1, 0.15) is 28.8 Å². The lowest BCUT2D eigenvalue weighted by Crippen LogP contribution is -2.19. The summed E-state index contributed by atoms with van der Waals surface area (Å²) < 4.78 is 20.4. The zero-order valence-corrected chi connectivity index (χ0v) is 16.5. The van der Waals surface area contributed by atoms with E-state index < -0.39 is 0 Å². The fraction of sp³-hybridized carbons (Fsp3) is 0.263. The molecule has 0 atom stereocenters. The first-order chi connectivity index (χ1) is 12.6. The second-order valence-corrected chi connectivity index (χ2v) is 7.12. The minimum atomic E-state index is -0.356. The molecule has 1 heterocycles. The Hall–Kier alpha value is -2.16. The van der Waals surface area contributed by atoms with Gasteiger partial charge in [0, 0.05) is 18.7 Å². The summed E-state index contributed by atoms with van der Waals surface area (Å²) in [5, 5.41) is 3.92. The number of hydrazone groups is 1. The maximum Gasteiger partial charge on any atom is 0.271 e. The number of anilines is 1. The Labute approximate surface area is 165 Å². The van der Waals surface area contributed by atoms with Crippen LogP contribution in [0.4, 0.5) is 10.1 Å². The third-order valence-electron chi connectivity index (χ3n) is 4.21. The standard InChI is InChI=1S/C19H19FIN3O2/c1-26-18-11-14(5-6-16(18)21)19(25)23-22-12-13-4-7-17(15(20)10-13)24-8-2-3-9-24/h4-7,10-12H,2-3,8-9H2,1H3,(H,23,25)/b22-12+. The predicted molar refractivity (Wildman–Crippen MR) is 109 cm³/mol. The molecule has 5 nitrogen and oxygen atoms in total. The van der Waals surface area contributed by atoms with Crippen molar-refractivity contribution in [2.24, 2.45) is 5.10 Å². The maximum atomic E-state index is 14.3. The SMILES string of the molecule is COc1cc(C(=O)N/N=C/c2ccc(N3CCCC3)c(F)c2)ccc1I. The first-order valence-electron chi connectivity index (χ1n) is 8.30. The normalized spacial score (nSPS) is 14.0. The van der Waals surface area contributed by atoms with Gasteiger partial charge >= 0.3 is 0 Å². The van der Waals surface area contributed by atoms with E-state index in [-0.39, 0.29) is 11.7 Å². The molecule has 1 N–H and O–H groups in total. The molecule has 1 aliphatic heterocycles. The quantitative estimate of drug-likeness (QED) is 0.414. The lowest BCUT2D eigenvalue weighted by Gasteiger charge is -2.18. The highest BCUT2D eigenvalue weighted by Crippen LogP contribution is 2.24. The molecular formula is C19H19FIN3O2. The molecule has 1 aliphatic rings. The molecule has 1 saturated heterocycles. The molecule has 0 spiro atoms. The van der Waals surface area contributed by atoms with Crippen molar-refractivity contribution in [2.45, 2.75) is 12.8 Å². The van der Waals surface area contributed by atoms with Gasteiger partial charge in [-0.15, -0.1) is 0 Å². The van der Waals surface area contributed by atoms with Crippen LogP contribution in [0, 0.1) is 9.39 Å². The Balaban J connectivity index is 1.64. The summed E-state index contributed by atoms with van der Waals surface area (Å²) in [6, 6.07) is 10.1. The van der Waals surface area contributed by atoms with Crippen molar-refractivity contribution in [3.05, 3.63) is 56.9 Å². The third-order valence-corrected chi connectivity index (χ3v) is 5.10. The highest BCUT2D eigenvalue weighted by molar-refractivity contribution is 14.1. The largest absolute Gasteiger partial charge is 0.496 e. The topological polar surface area (TPSA) is 53.9 Å². The van der Waals surface area contributed by atoms with E-state index in [1.807, 2.05) is 4.90 Å². The van der Waals surface area contributed by atoms with Crippen molar-refractivity contribution >= 4 is 40.4 Å². The number of carbonyl (C=O) groups is 1. The Morgan fingerprint density at radius 1 is 1.27 bits per heavy atom. The molecule has 136 valence electrons. The molecule has 2 aromatic rings. The van der Waals surface area contributed by atoms with Gasteiger partial charge in [-0.25, -0.2) is 9.82 Å². The van der Waals surface area contributed by atoms with Crippen LogP contribution in [0.15, 0.2) is 41.5 Å². The number of hydrogen-bond acceptors (Lipinski definition) is 4. The number of halogens is 2. The fourth-order valence-electron chi connectivity index (χ4n) is 2.85. The molecule has 0 unspecified atom stereocenters. The van der Waals surface area contributed by atoms with Crippen LogP contribution in [0.25, 0.3) is 0 Å². The van der Waals surface area contributed by atoms with Gasteiger partial charge in [0.2, 0.25) is 0 Å². The molecule has 3 rings (SSSR count). The van der Waals surface area contributed by atoms with Crippen molar-refractivity contribution in [2.75, 3.05) is 25.1 Å². The predicted octanol–water partition coefficient (Wildman–Crippen LogP) is 3.80. The van der Waals surface area contributed by atoms with Crippen molar-refractivity contribution in [1.82, 2.24) is 5.43 Å². The first kappa shape index (κ1) is 18.6. The smallest absolute Gasteiger partial charge is 0.271 e. The van der Waals surface area contributed by atoms with E-state index in [4.69, 9.17) is 4.74 Å². The average Bonchev–Trinajstić information content (AvgIpc) is 3.16. The number of rotatable bonds is 5. The first-order valence-corrected chi connectivity index (χ1v) is 9.38. The summed E-state index contributed by atoms with van der Waals surface area (Å²) in [6.45, 7) is 1.78. The Kier molecular flexibility index (Phi) is 6.08. The van der Waals surface area contributed by atoms with Gasteiger partial charge in [-0.05, 0) is 71.3 Å². The number of hydrogen-bond donors (Lipinski definition) is 1. The highest BCUT2D eigenvalue weighted by Gasteiger charge is 2.16. The average molecular weight is 467 g/mol. The zero-order valence-electron chi connectivity index (χ0n) is 14.3. The second-order valence-electron chi connectivity index (χ2n) is 5.95. The van der Waals surface area contributed by atoms with E-state index >= 15 is 0 Å². The third kappa shape index (κ3) is 4.32. The summed E-state index contributed by atoms with van der Waals surface area (Å²) in [6.07, 6.45) is 3.62. The van der Waals surface area contributed by atoms with E-state index in [9.17, 15) is 9.18 Å². The van der Waals surface area contributed by atoms with Crippen LogP contribution in [0.5, 0.6) is 5.75 Å². The summed E-state index contributed by atoms with van der Waals surface area (Å²) in [5.41, 5.74) is 4.10. The minimum Gasteiger partial charge on any atom is -0.496 e. The Bertz CT molecular complexity index is 836. The minimum absolute atomic E-state index is 0.274. The number of nitrogens with one attached hydrogen (secondary N) is 1. The van der Waals surface area contributed by atoms with Gasteiger partial charge in [0.05, 0.1) is 22.6 Å². The van der Waals surface area contributed by atoms with E-state index in [0.717, 1.165) is 29.5 Å². The van der Waals surface area contributed by atoms with Gasteiger partial charge in [-0.2, -0.15) is 5.10 Å². The van der Waals surface area contributed by atoms with Gasteiger partial charge in [0.25, 0.3) is 5.91 Å². The molecule has 1 fully saturated rings. The van der Waals surface area contributed by atoms with Crippen molar-refractivity contribution in [3.8, 4) is 5.75 Å². The lowest BCUT2D eigenvalue weighted by molar-refractivity contribution is 0.0954. The number of carbonyl (C=O) groups excluding carboxylic acids is 1. The van der Waals surface area contributed by atoms with Crippen molar-refractivity contribution < 1.29 is 13.9 Å². The van der Waals surface area contributed by atoms with Gasteiger partial charge in [-0.1, -0.05) is 6.07 Å². The number of benzene rings is 2. The van der Waals surface area contributed by atoms with Crippen LogP contribution in [0.2, 0.25) is 0 Å². The molecule has 1 amide bonds. The summed E-state index contributed by atoms with van der Waals surface area (Å²) in [5.74, 6) is -0.00328. The molecule has 0 bridgehead atoms. The zero-order chi connectivity index (χ0) is 18.5. The van der Waals surface area contributed by atoms with Gasteiger partial charge in [-0.3, -0.25) is 4.79 Å². The molecule has 0 saturated carbocycles. The van der Waals surface area contributed by atoms with E-state index in [1.165, 1.54) is 12.3 Å². The highest BCUT2D eigenvalue weighted by atomic mass is 127. The molecule has 7 heteroatoms. The molecule has 0 radical (unpaired) electrons. The van der Waals surface area contributed by atoms with Crippen LogP contribution < -0.4 is 15.1 Å². The van der Waals surface area contributed by atoms with Gasteiger partial charge < -0.3 is 9.64 Å². The van der Waals surface area contributed by atoms with Gasteiger partial charge in [0.15, 0.2) is 0 Å². The van der Waals surface area contributed by atoms with E-state index in [1.54, 1.807) is 37.4 Å². The fourth-order valence-corrected chi connectivity index (χ4v) is 3.40. The molecule has 2 aromatic carbocycles. The summed E-state index contributed by atoms with van der Waals surface area (Å²) >= 11 is 2.13. The van der Waals surface area contributed by atoms with Crippen LogP contribution >= 0.6 is 22.6 Å². The second kappa shape index (κ2) is 8.48. The van der Waals surface area contributed by atoms with Crippen molar-refractivity contribution in [1.29, 1.82) is 0 Å². The van der Waals surface area contributed by atoms with Gasteiger partial charge in [0.1, 0.15) is 11.6 Å². The summed E-state index contributed by atoms with van der Waals surface area (Å²) in [4.78, 5) is 14.2. The number of amides is 1. The monoisotopic (exact) mass is 467 g/mol. The van der Waals surface area contributed by atoms with E-state index in [0.29, 0.717) is 22.6 Å². The lowest BCUT2D eigenvalue weighted by atomic mass is 10.2. The Morgan fingerprint density at radius 2 is 2.04 bits per heavy atom.